The van der Waals surface area contributed by atoms with Gasteiger partial charge in [0.2, 0.25) is 0 Å². The average molecular weight is 347 g/mol. The third-order valence-corrected chi connectivity index (χ3v) is 4.87. The number of carbonyl (C=O) groups excluding carboxylic acids is 2. The largest absolute Gasteiger partial charge is 0.503 e. The van der Waals surface area contributed by atoms with Crippen LogP contribution in [0.15, 0.2) is 35.6 Å². The maximum atomic E-state index is 13.3. The van der Waals surface area contributed by atoms with Gasteiger partial charge in [-0.1, -0.05) is 45.2 Å². The second-order valence-electron chi connectivity index (χ2n) is 6.65. The third kappa shape index (κ3) is 4.09. The number of nitrogens with zero attached hydrogens (tertiary/aromatic N) is 1. The number of aliphatic hydroxyl groups is 1. The van der Waals surface area contributed by atoms with E-state index in [0.717, 1.165) is 25.7 Å². The van der Waals surface area contributed by atoms with E-state index >= 15 is 0 Å². The molecule has 0 fully saturated rings. The second-order valence-corrected chi connectivity index (χ2v) is 6.65. The van der Waals surface area contributed by atoms with Crippen molar-refractivity contribution in [1.82, 2.24) is 4.90 Å². The van der Waals surface area contributed by atoms with Gasteiger partial charge in [-0.3, -0.25) is 9.59 Å². The third-order valence-electron chi connectivity index (χ3n) is 4.87. The van der Waals surface area contributed by atoms with Gasteiger partial charge in [0.1, 0.15) is 5.82 Å². The molecule has 1 heterocycles. The van der Waals surface area contributed by atoms with Crippen LogP contribution in [0.1, 0.15) is 58.1 Å². The van der Waals surface area contributed by atoms with E-state index in [9.17, 15) is 19.1 Å². The predicted molar refractivity (Wildman–Crippen MR) is 94.5 cm³/mol. The van der Waals surface area contributed by atoms with Crippen LogP contribution in [0.5, 0.6) is 0 Å². The van der Waals surface area contributed by atoms with E-state index in [-0.39, 0.29) is 17.2 Å². The highest BCUT2D eigenvalue weighted by Gasteiger charge is 2.42. The summed E-state index contributed by atoms with van der Waals surface area (Å²) in [4.78, 5) is 26.2. The highest BCUT2D eigenvalue weighted by Crippen LogP contribution is 2.38. The van der Waals surface area contributed by atoms with E-state index in [1.807, 2.05) is 0 Å². The number of rotatable bonds is 8. The predicted octanol–water partition coefficient (Wildman–Crippen LogP) is 4.33. The number of unbranched alkanes of at least 4 members (excludes halogenated alkanes) is 1. The molecule has 0 saturated carbocycles. The Morgan fingerprint density at radius 3 is 2.44 bits per heavy atom. The topological polar surface area (TPSA) is 57.6 Å². The molecule has 1 aliphatic rings. The Hall–Kier alpha value is -2.17. The summed E-state index contributed by atoms with van der Waals surface area (Å²) in [5, 5.41) is 10.2. The summed E-state index contributed by atoms with van der Waals surface area (Å²) in [7, 11) is 0. The van der Waals surface area contributed by atoms with Crippen LogP contribution in [0.3, 0.4) is 0 Å². The molecule has 0 saturated heterocycles. The molecule has 4 nitrogen and oxygen atoms in total. The molecule has 2 unspecified atom stereocenters. The highest BCUT2D eigenvalue weighted by atomic mass is 19.1. The van der Waals surface area contributed by atoms with Crippen molar-refractivity contribution in [3.05, 3.63) is 47.0 Å². The Kier molecular flexibility index (Phi) is 6.34. The van der Waals surface area contributed by atoms with Crippen molar-refractivity contribution in [3.8, 4) is 0 Å². The van der Waals surface area contributed by atoms with Crippen LogP contribution in [0, 0.1) is 11.7 Å². The van der Waals surface area contributed by atoms with Crippen molar-refractivity contribution < 1.29 is 19.1 Å². The number of hydrogen-bond donors (Lipinski definition) is 1. The molecular weight excluding hydrogens is 321 g/mol. The van der Waals surface area contributed by atoms with E-state index in [1.165, 1.54) is 19.1 Å². The number of hydrogen-bond acceptors (Lipinski definition) is 3. The molecule has 1 amide bonds. The van der Waals surface area contributed by atoms with Gasteiger partial charge in [-0.05, 0) is 37.0 Å². The monoisotopic (exact) mass is 347 g/mol. The molecule has 1 N–H and O–H groups in total. The molecule has 1 aromatic rings. The van der Waals surface area contributed by atoms with Gasteiger partial charge in [0.05, 0.1) is 11.6 Å². The highest BCUT2D eigenvalue weighted by molar-refractivity contribution is 6.08. The zero-order valence-corrected chi connectivity index (χ0v) is 15.1. The van der Waals surface area contributed by atoms with E-state index < -0.39 is 17.7 Å². The van der Waals surface area contributed by atoms with Crippen LogP contribution in [-0.2, 0) is 9.59 Å². The first-order valence-electron chi connectivity index (χ1n) is 8.91. The molecule has 1 aromatic carbocycles. The normalized spacial score (nSPS) is 18.8. The molecule has 0 spiro atoms. The van der Waals surface area contributed by atoms with Gasteiger partial charge < -0.3 is 10.0 Å². The maximum Gasteiger partial charge on any atom is 0.290 e. The Morgan fingerprint density at radius 2 is 1.92 bits per heavy atom. The van der Waals surface area contributed by atoms with Gasteiger partial charge in [0.15, 0.2) is 11.5 Å². The number of aliphatic hydroxyl groups excluding tert-OH is 1. The molecule has 136 valence electrons. The first-order chi connectivity index (χ1) is 11.9. The summed E-state index contributed by atoms with van der Waals surface area (Å²) >= 11 is 0. The van der Waals surface area contributed by atoms with Gasteiger partial charge in [0, 0.05) is 6.54 Å². The van der Waals surface area contributed by atoms with Crippen molar-refractivity contribution in [2.45, 2.75) is 52.5 Å². The molecular formula is C20H26FNO3. The van der Waals surface area contributed by atoms with Crippen molar-refractivity contribution in [2.75, 3.05) is 6.54 Å². The summed E-state index contributed by atoms with van der Waals surface area (Å²) in [5.41, 5.74) is 0.733. The number of Topliss-reactive ketones (excluding diaryl/α,β-unsaturated/α-hetero) is 1. The standard InChI is InChI=1S/C20H26FNO3/c1-4-6-7-14(5-2)12-22-18(15-8-10-16(21)11-9-15)17(13(3)23)19(24)20(22)25/h8-11,14,18,24H,4-7,12H2,1-3H3. The fraction of sp³-hybridized carbons (Fsp3) is 0.500. The van der Waals surface area contributed by atoms with Crippen molar-refractivity contribution in [1.29, 1.82) is 0 Å². The Labute approximate surface area is 148 Å². The quantitative estimate of drug-likeness (QED) is 0.761. The molecule has 0 radical (unpaired) electrons. The van der Waals surface area contributed by atoms with Gasteiger partial charge in [0.25, 0.3) is 5.91 Å². The van der Waals surface area contributed by atoms with Gasteiger partial charge in [-0.15, -0.1) is 0 Å². The van der Waals surface area contributed by atoms with E-state index in [2.05, 4.69) is 13.8 Å². The van der Waals surface area contributed by atoms with Crippen LogP contribution in [0.25, 0.3) is 0 Å². The SMILES string of the molecule is CCCCC(CC)CN1C(=O)C(O)=C(C(C)=O)C1c1ccc(F)cc1. The maximum absolute atomic E-state index is 13.3. The van der Waals surface area contributed by atoms with Crippen LogP contribution in [0.4, 0.5) is 4.39 Å². The molecule has 0 bridgehead atoms. The lowest BCUT2D eigenvalue weighted by atomic mass is 9.94. The number of halogens is 1. The Balaban J connectivity index is 2.37. The van der Waals surface area contributed by atoms with Crippen LogP contribution < -0.4 is 0 Å². The first kappa shape index (κ1) is 19.2. The average Bonchev–Trinajstić information content (AvgIpc) is 2.84. The fourth-order valence-electron chi connectivity index (χ4n) is 3.39. The van der Waals surface area contributed by atoms with Crippen molar-refractivity contribution >= 4 is 11.7 Å². The lowest BCUT2D eigenvalue weighted by Crippen LogP contribution is -2.35. The van der Waals surface area contributed by atoms with Gasteiger partial charge >= 0.3 is 0 Å². The zero-order valence-electron chi connectivity index (χ0n) is 15.1. The minimum atomic E-state index is -0.652. The Bertz CT molecular complexity index is 666. The number of carbonyl (C=O) groups is 2. The molecule has 25 heavy (non-hydrogen) atoms. The summed E-state index contributed by atoms with van der Waals surface area (Å²) in [6.07, 6.45) is 4.05. The van der Waals surface area contributed by atoms with E-state index in [0.29, 0.717) is 18.0 Å². The zero-order chi connectivity index (χ0) is 18.6. The summed E-state index contributed by atoms with van der Waals surface area (Å²) in [6, 6.07) is 5.09. The molecule has 2 atom stereocenters. The summed E-state index contributed by atoms with van der Waals surface area (Å²) < 4.78 is 13.3. The van der Waals surface area contributed by atoms with Crippen molar-refractivity contribution in [3.63, 3.8) is 0 Å². The van der Waals surface area contributed by atoms with Gasteiger partial charge in [-0.2, -0.15) is 0 Å². The molecule has 0 aliphatic carbocycles. The molecule has 0 aromatic heterocycles. The Morgan fingerprint density at radius 1 is 1.28 bits per heavy atom. The molecule has 5 heteroatoms. The van der Waals surface area contributed by atoms with Crippen LogP contribution >= 0.6 is 0 Å². The summed E-state index contributed by atoms with van der Waals surface area (Å²) in [5.74, 6) is -1.43. The number of benzene rings is 1. The lowest BCUT2D eigenvalue weighted by molar-refractivity contribution is -0.130. The summed E-state index contributed by atoms with van der Waals surface area (Å²) in [6.45, 7) is 6.01. The van der Waals surface area contributed by atoms with E-state index in [1.54, 1.807) is 17.0 Å². The van der Waals surface area contributed by atoms with Crippen molar-refractivity contribution in [2.24, 2.45) is 5.92 Å². The number of amides is 1. The molecule has 2 rings (SSSR count). The smallest absolute Gasteiger partial charge is 0.290 e. The minimum absolute atomic E-state index is 0.0990. The van der Waals surface area contributed by atoms with Crippen LogP contribution in [0.2, 0.25) is 0 Å². The lowest BCUT2D eigenvalue weighted by Gasteiger charge is -2.30. The number of ketones is 1. The fourth-order valence-corrected chi connectivity index (χ4v) is 3.39. The van der Waals surface area contributed by atoms with Gasteiger partial charge in [-0.25, -0.2) is 4.39 Å². The second kappa shape index (κ2) is 8.28. The van der Waals surface area contributed by atoms with Crippen LogP contribution in [-0.4, -0.2) is 28.2 Å². The molecule has 1 aliphatic heterocycles. The van der Waals surface area contributed by atoms with E-state index in [4.69, 9.17) is 0 Å². The minimum Gasteiger partial charge on any atom is -0.503 e. The first-order valence-corrected chi connectivity index (χ1v) is 8.91.